The number of hydrogen-bond acceptors (Lipinski definition) is 1. The Morgan fingerprint density at radius 1 is 0.333 bits per heavy atom. The van der Waals surface area contributed by atoms with E-state index in [1.807, 2.05) is 0 Å². The van der Waals surface area contributed by atoms with Gasteiger partial charge in [-0.15, -0.1) is 0 Å². The zero-order valence-corrected chi connectivity index (χ0v) is 30.0. The molecule has 0 saturated heterocycles. The largest absolute Gasteiger partial charge is 0.298 e. The Balaban J connectivity index is 1.18. The van der Waals surface area contributed by atoms with Gasteiger partial charge in [0.05, 0.1) is 10.8 Å². The molecular formula is C53H35N. The summed E-state index contributed by atoms with van der Waals surface area (Å²) in [4.78, 5) is 2.50. The van der Waals surface area contributed by atoms with E-state index in [0.29, 0.717) is 0 Å². The quantitative estimate of drug-likeness (QED) is 0.154. The average molecular weight is 686 g/mol. The van der Waals surface area contributed by atoms with Crippen LogP contribution in [0.4, 0.5) is 0 Å². The van der Waals surface area contributed by atoms with Gasteiger partial charge < -0.3 is 0 Å². The predicted molar refractivity (Wildman–Crippen MR) is 220 cm³/mol. The van der Waals surface area contributed by atoms with Crippen LogP contribution in [0.15, 0.2) is 170 Å². The Morgan fingerprint density at radius 3 is 1.39 bits per heavy atom. The predicted octanol–water partition coefficient (Wildman–Crippen LogP) is 12.0. The van der Waals surface area contributed by atoms with Crippen molar-refractivity contribution in [1.82, 2.24) is 4.90 Å². The van der Waals surface area contributed by atoms with E-state index < -0.39 is 5.41 Å². The fraction of sp³-hybridized carbons (Fsp3) is 0.0943. The van der Waals surface area contributed by atoms with Crippen molar-refractivity contribution < 1.29 is 0 Å². The van der Waals surface area contributed by atoms with Gasteiger partial charge in [-0.2, -0.15) is 0 Å². The van der Waals surface area contributed by atoms with Gasteiger partial charge in [0.15, 0.2) is 0 Å². The van der Waals surface area contributed by atoms with Crippen molar-refractivity contribution in [2.75, 3.05) is 7.05 Å². The van der Waals surface area contributed by atoms with Crippen LogP contribution in [0.3, 0.4) is 0 Å². The molecular weight excluding hydrogens is 651 g/mol. The monoisotopic (exact) mass is 685 g/mol. The highest BCUT2D eigenvalue weighted by Crippen LogP contribution is 2.66. The molecule has 8 aromatic rings. The molecule has 252 valence electrons. The first kappa shape index (κ1) is 29.2. The molecule has 8 bridgehead atoms. The molecule has 2 aliphatic heterocycles. The van der Waals surface area contributed by atoms with E-state index >= 15 is 0 Å². The van der Waals surface area contributed by atoms with E-state index in [2.05, 4.69) is 182 Å². The number of nitrogens with zero attached hydrogens (tertiary/aromatic N) is 1. The van der Waals surface area contributed by atoms with E-state index in [9.17, 15) is 0 Å². The Hall–Kier alpha value is -6.28. The maximum absolute atomic E-state index is 2.58. The summed E-state index contributed by atoms with van der Waals surface area (Å²) in [5.41, 5.74) is 26.5. The van der Waals surface area contributed by atoms with E-state index in [0.717, 1.165) is 13.1 Å². The third-order valence-corrected chi connectivity index (χ3v) is 13.5. The zero-order valence-electron chi connectivity index (χ0n) is 30.0. The van der Waals surface area contributed by atoms with Gasteiger partial charge in [0.2, 0.25) is 0 Å². The van der Waals surface area contributed by atoms with Gasteiger partial charge in [-0.3, -0.25) is 4.90 Å². The van der Waals surface area contributed by atoms with Crippen LogP contribution in [0.5, 0.6) is 0 Å². The second-order valence-electron chi connectivity index (χ2n) is 16.1. The molecule has 0 radical (unpaired) electrons. The highest BCUT2D eigenvalue weighted by atomic mass is 15.1. The summed E-state index contributed by atoms with van der Waals surface area (Å²) in [7, 11) is 2.28. The first-order valence-electron chi connectivity index (χ1n) is 19.3. The molecule has 1 unspecified atom stereocenters. The van der Waals surface area contributed by atoms with Crippen molar-refractivity contribution in [3.05, 3.63) is 225 Å². The number of hydrogen-bond donors (Lipinski definition) is 0. The highest BCUT2D eigenvalue weighted by Gasteiger charge is 2.54. The topological polar surface area (TPSA) is 3.24 Å². The van der Waals surface area contributed by atoms with Crippen LogP contribution in [-0.4, -0.2) is 11.9 Å². The normalized spacial score (nSPS) is 18.1. The third-order valence-electron chi connectivity index (χ3n) is 13.5. The molecule has 6 aliphatic rings. The Kier molecular flexibility index (Phi) is 5.42. The van der Waals surface area contributed by atoms with Crippen molar-refractivity contribution in [3.63, 3.8) is 0 Å². The van der Waals surface area contributed by atoms with Crippen molar-refractivity contribution in [1.29, 1.82) is 0 Å². The number of benzene rings is 8. The number of fused-ring (bicyclic) bond motifs is 16. The first-order valence-corrected chi connectivity index (χ1v) is 19.3. The molecule has 0 fully saturated rings. The molecule has 4 aliphatic carbocycles. The molecule has 0 N–H and O–H groups in total. The van der Waals surface area contributed by atoms with Gasteiger partial charge >= 0.3 is 0 Å². The lowest BCUT2D eigenvalue weighted by molar-refractivity contribution is 0.319. The van der Waals surface area contributed by atoms with Gasteiger partial charge in [-0.1, -0.05) is 152 Å². The molecule has 1 nitrogen and oxygen atoms in total. The molecule has 14 rings (SSSR count). The molecule has 2 heterocycles. The zero-order chi connectivity index (χ0) is 35.3. The van der Waals surface area contributed by atoms with Crippen molar-refractivity contribution in [2.24, 2.45) is 0 Å². The minimum atomic E-state index is -0.392. The van der Waals surface area contributed by atoms with Crippen molar-refractivity contribution in [2.45, 2.75) is 23.9 Å². The number of rotatable bonds is 0. The van der Waals surface area contributed by atoms with Crippen molar-refractivity contribution >= 4 is 0 Å². The summed E-state index contributed by atoms with van der Waals surface area (Å²) in [6.45, 7) is 1.73. The average Bonchev–Trinajstić information content (AvgIpc) is 3.89. The van der Waals surface area contributed by atoms with Crippen LogP contribution in [-0.2, 0) is 23.9 Å². The van der Waals surface area contributed by atoms with Gasteiger partial charge in [0.1, 0.15) is 0 Å². The van der Waals surface area contributed by atoms with E-state index in [1.54, 1.807) is 0 Å². The maximum atomic E-state index is 2.58. The molecule has 0 amide bonds. The standard InChI is InChI=1S/C53H35N/c1-54-30-32-22-25-48-42(26-32)38-15-5-10-20-46(38)52(48)43-17-7-4-14-37(43)39-24-23-34(29-49(39)52)41-27-33(31-54)28-50-51(41)40-16-6-11-21-47(40)53(50)44-18-8-2-12-35(44)36-13-3-9-19-45(36)53/h2-29H,30-31H2,1H3. The van der Waals surface area contributed by atoms with Crippen LogP contribution in [0.25, 0.3) is 55.6 Å². The second-order valence-corrected chi connectivity index (χ2v) is 16.1. The summed E-state index contributed by atoms with van der Waals surface area (Å²) in [6.07, 6.45) is 0. The summed E-state index contributed by atoms with van der Waals surface area (Å²) < 4.78 is 0. The Bertz CT molecular complexity index is 2940. The summed E-state index contributed by atoms with van der Waals surface area (Å²) in [6, 6.07) is 65.8. The summed E-state index contributed by atoms with van der Waals surface area (Å²) in [5, 5.41) is 0. The minimum absolute atomic E-state index is 0.383. The van der Waals surface area contributed by atoms with E-state index in [-0.39, 0.29) is 5.41 Å². The van der Waals surface area contributed by atoms with Crippen molar-refractivity contribution in [3.8, 4) is 55.6 Å². The fourth-order valence-corrected chi connectivity index (χ4v) is 11.7. The van der Waals surface area contributed by atoms with E-state index in [4.69, 9.17) is 0 Å². The molecule has 1 heteroatoms. The van der Waals surface area contributed by atoms with Gasteiger partial charge in [0, 0.05) is 13.1 Å². The van der Waals surface area contributed by atoms with Crippen LogP contribution >= 0.6 is 0 Å². The molecule has 2 spiro atoms. The molecule has 54 heavy (non-hydrogen) atoms. The van der Waals surface area contributed by atoms with E-state index in [1.165, 1.54) is 111 Å². The second kappa shape index (κ2) is 10.0. The summed E-state index contributed by atoms with van der Waals surface area (Å²) in [5.74, 6) is 0. The first-order chi connectivity index (χ1) is 26.7. The highest BCUT2D eigenvalue weighted by molar-refractivity contribution is 6.02. The Labute approximate surface area is 315 Å². The van der Waals surface area contributed by atoms with Crippen LogP contribution < -0.4 is 0 Å². The molecule has 8 aromatic carbocycles. The fourth-order valence-electron chi connectivity index (χ4n) is 11.7. The van der Waals surface area contributed by atoms with Gasteiger partial charge in [-0.25, -0.2) is 0 Å². The SMILES string of the molecule is CN1Cc2ccc3c(c2)-c2ccccc2C32c3ccccc3-c3ccc(cc32)-c2cc(cc3c2-c2ccccc2C32c3ccccc3-c3ccccc32)C1. The Morgan fingerprint density at radius 2 is 0.778 bits per heavy atom. The lowest BCUT2D eigenvalue weighted by atomic mass is 9.69. The lowest BCUT2D eigenvalue weighted by Gasteiger charge is -2.32. The molecule has 1 atom stereocenters. The van der Waals surface area contributed by atoms with Crippen LogP contribution in [0, 0.1) is 0 Å². The minimum Gasteiger partial charge on any atom is -0.298 e. The van der Waals surface area contributed by atoms with Gasteiger partial charge in [0.25, 0.3) is 0 Å². The third kappa shape index (κ3) is 3.29. The lowest BCUT2D eigenvalue weighted by Crippen LogP contribution is -2.27. The van der Waals surface area contributed by atoms with Crippen LogP contribution in [0.2, 0.25) is 0 Å². The maximum Gasteiger partial charge on any atom is 0.0725 e. The molecule has 0 aromatic heterocycles. The smallest absolute Gasteiger partial charge is 0.0725 e. The van der Waals surface area contributed by atoms with Gasteiger partial charge in [-0.05, 0) is 137 Å². The summed E-state index contributed by atoms with van der Waals surface area (Å²) >= 11 is 0. The van der Waals surface area contributed by atoms with Crippen LogP contribution in [0.1, 0.15) is 55.6 Å². The molecule has 0 saturated carbocycles.